The molecule has 0 bridgehead atoms. The molecule has 0 aliphatic carbocycles. The highest BCUT2D eigenvalue weighted by molar-refractivity contribution is 7.98. The normalized spacial score (nSPS) is 14.6. The minimum atomic E-state index is 0.0193. The van der Waals surface area contributed by atoms with Gasteiger partial charge in [-0.1, -0.05) is 36.9 Å². The smallest absolute Gasteiger partial charge is 0.273 e. The van der Waals surface area contributed by atoms with Crippen LogP contribution in [-0.4, -0.2) is 68.2 Å². The van der Waals surface area contributed by atoms with Gasteiger partial charge in [-0.25, -0.2) is 4.98 Å². The standard InChI is InChI=1S/C23H24N6O2S2/c1-2-27-10-12-28(13-11-27)22(30)18-15-32-20(24-18)16-33-23-26-25-21(19-9-6-14-31-19)29(23)17-7-4-3-5-8-17/h3-9,14-15H,2,10-13,16H2,1H3. The number of piperazine rings is 1. The predicted molar refractivity (Wildman–Crippen MR) is 129 cm³/mol. The molecule has 170 valence electrons. The lowest BCUT2D eigenvalue weighted by Crippen LogP contribution is -2.48. The maximum absolute atomic E-state index is 12.9. The van der Waals surface area contributed by atoms with Gasteiger partial charge < -0.3 is 14.2 Å². The summed E-state index contributed by atoms with van der Waals surface area (Å²) in [5, 5.41) is 12.3. The highest BCUT2D eigenvalue weighted by Crippen LogP contribution is 2.30. The van der Waals surface area contributed by atoms with E-state index in [1.54, 1.807) is 18.0 Å². The van der Waals surface area contributed by atoms with Gasteiger partial charge in [-0.05, 0) is 30.8 Å². The van der Waals surface area contributed by atoms with Gasteiger partial charge in [0.1, 0.15) is 10.7 Å². The Bertz CT molecular complexity index is 1200. The number of carbonyl (C=O) groups excluding carboxylic acids is 1. The molecular formula is C23H24N6O2S2. The van der Waals surface area contributed by atoms with Crippen molar-refractivity contribution in [3.05, 3.63) is 64.8 Å². The molecule has 3 aromatic heterocycles. The van der Waals surface area contributed by atoms with E-state index in [1.807, 2.05) is 57.3 Å². The third-order valence-corrected chi connectivity index (χ3v) is 7.56. The van der Waals surface area contributed by atoms with Crippen LogP contribution >= 0.6 is 23.1 Å². The second kappa shape index (κ2) is 9.90. The minimum absolute atomic E-state index is 0.0193. The number of amides is 1. The lowest BCUT2D eigenvalue weighted by Gasteiger charge is -2.33. The van der Waals surface area contributed by atoms with Crippen molar-refractivity contribution >= 4 is 29.0 Å². The molecule has 1 aromatic carbocycles. The fraction of sp³-hybridized carbons (Fsp3) is 0.304. The van der Waals surface area contributed by atoms with Gasteiger partial charge in [-0.2, -0.15) is 0 Å². The molecule has 0 unspecified atom stereocenters. The monoisotopic (exact) mass is 480 g/mol. The van der Waals surface area contributed by atoms with Crippen molar-refractivity contribution in [3.8, 4) is 17.3 Å². The molecule has 0 radical (unpaired) electrons. The molecule has 0 atom stereocenters. The number of likely N-dealkylation sites (N-methyl/N-ethyl adjacent to an activating group) is 1. The third kappa shape index (κ3) is 4.73. The molecule has 1 amide bonds. The van der Waals surface area contributed by atoms with E-state index in [0.717, 1.165) is 48.6 Å². The van der Waals surface area contributed by atoms with Crippen LogP contribution in [0, 0.1) is 0 Å². The Morgan fingerprint density at radius 2 is 1.91 bits per heavy atom. The molecule has 1 aliphatic rings. The summed E-state index contributed by atoms with van der Waals surface area (Å²) in [7, 11) is 0. The molecule has 0 spiro atoms. The number of rotatable bonds is 7. The topological polar surface area (TPSA) is 80.3 Å². The Morgan fingerprint density at radius 1 is 1.09 bits per heavy atom. The SMILES string of the molecule is CCN1CCN(C(=O)c2csc(CSc3nnc(-c4ccco4)n3-c3ccccc3)n2)CC1. The van der Waals surface area contributed by atoms with Crippen LogP contribution in [-0.2, 0) is 5.75 Å². The number of carbonyl (C=O) groups is 1. The van der Waals surface area contributed by atoms with Crippen LogP contribution in [0.1, 0.15) is 22.4 Å². The summed E-state index contributed by atoms with van der Waals surface area (Å²) in [6.07, 6.45) is 1.63. The maximum atomic E-state index is 12.9. The Balaban J connectivity index is 1.31. The van der Waals surface area contributed by atoms with Gasteiger partial charge in [0.25, 0.3) is 5.91 Å². The van der Waals surface area contributed by atoms with Gasteiger partial charge in [-0.3, -0.25) is 9.36 Å². The van der Waals surface area contributed by atoms with E-state index in [9.17, 15) is 4.79 Å². The molecule has 4 heterocycles. The van der Waals surface area contributed by atoms with Crippen molar-refractivity contribution in [2.75, 3.05) is 32.7 Å². The minimum Gasteiger partial charge on any atom is -0.461 e. The lowest BCUT2D eigenvalue weighted by molar-refractivity contribution is 0.0638. The van der Waals surface area contributed by atoms with E-state index < -0.39 is 0 Å². The van der Waals surface area contributed by atoms with E-state index in [-0.39, 0.29) is 5.91 Å². The first kappa shape index (κ1) is 21.9. The number of thioether (sulfide) groups is 1. The summed E-state index contributed by atoms with van der Waals surface area (Å²) in [6.45, 7) is 6.52. The molecule has 5 rings (SSSR count). The zero-order valence-electron chi connectivity index (χ0n) is 18.3. The van der Waals surface area contributed by atoms with Crippen LogP contribution in [0.15, 0.2) is 63.7 Å². The number of benzene rings is 1. The summed E-state index contributed by atoms with van der Waals surface area (Å²) in [5.41, 5.74) is 1.49. The summed E-state index contributed by atoms with van der Waals surface area (Å²) in [6, 6.07) is 13.7. The molecule has 4 aromatic rings. The second-order valence-electron chi connectivity index (χ2n) is 7.60. The summed E-state index contributed by atoms with van der Waals surface area (Å²) in [4.78, 5) is 21.7. The fourth-order valence-electron chi connectivity index (χ4n) is 3.77. The van der Waals surface area contributed by atoms with E-state index in [1.165, 1.54) is 11.3 Å². The number of hydrogen-bond donors (Lipinski definition) is 0. The van der Waals surface area contributed by atoms with E-state index in [4.69, 9.17) is 4.42 Å². The first-order valence-electron chi connectivity index (χ1n) is 10.9. The third-order valence-electron chi connectivity index (χ3n) is 5.59. The van der Waals surface area contributed by atoms with E-state index in [2.05, 4.69) is 27.0 Å². The maximum Gasteiger partial charge on any atom is 0.273 e. The van der Waals surface area contributed by atoms with Gasteiger partial charge >= 0.3 is 0 Å². The average molecular weight is 481 g/mol. The quantitative estimate of drug-likeness (QED) is 0.369. The first-order valence-corrected chi connectivity index (χ1v) is 12.7. The average Bonchev–Trinajstić information content (AvgIpc) is 3.63. The highest BCUT2D eigenvalue weighted by Gasteiger charge is 2.24. The van der Waals surface area contributed by atoms with Gasteiger partial charge in [0.05, 0.1) is 12.0 Å². The van der Waals surface area contributed by atoms with Crippen molar-refractivity contribution in [1.29, 1.82) is 0 Å². The zero-order valence-corrected chi connectivity index (χ0v) is 19.9. The Kier molecular flexibility index (Phi) is 6.56. The van der Waals surface area contributed by atoms with Gasteiger partial charge in [0.2, 0.25) is 5.82 Å². The van der Waals surface area contributed by atoms with Gasteiger partial charge in [0, 0.05) is 37.2 Å². The number of para-hydroxylation sites is 1. The zero-order chi connectivity index (χ0) is 22.6. The Labute approximate surface area is 200 Å². The molecule has 1 fully saturated rings. The van der Waals surface area contributed by atoms with E-state index >= 15 is 0 Å². The molecule has 8 nitrogen and oxygen atoms in total. The van der Waals surface area contributed by atoms with Crippen molar-refractivity contribution in [2.45, 2.75) is 17.8 Å². The first-order chi connectivity index (χ1) is 16.2. The van der Waals surface area contributed by atoms with Crippen LogP contribution in [0.25, 0.3) is 17.3 Å². The predicted octanol–water partition coefficient (Wildman–Crippen LogP) is 4.05. The Morgan fingerprint density at radius 3 is 2.64 bits per heavy atom. The molecule has 1 saturated heterocycles. The van der Waals surface area contributed by atoms with Gasteiger partial charge in [0.15, 0.2) is 10.9 Å². The Hall–Kier alpha value is -2.95. The van der Waals surface area contributed by atoms with Crippen molar-refractivity contribution in [3.63, 3.8) is 0 Å². The number of furan rings is 1. The summed E-state index contributed by atoms with van der Waals surface area (Å²) in [5.74, 6) is 1.93. The van der Waals surface area contributed by atoms with Gasteiger partial charge in [-0.15, -0.1) is 21.5 Å². The van der Waals surface area contributed by atoms with Crippen LogP contribution in [0.2, 0.25) is 0 Å². The second-order valence-corrected chi connectivity index (χ2v) is 9.48. The summed E-state index contributed by atoms with van der Waals surface area (Å²) >= 11 is 3.05. The molecule has 33 heavy (non-hydrogen) atoms. The highest BCUT2D eigenvalue weighted by atomic mass is 32.2. The van der Waals surface area contributed by atoms with Crippen LogP contribution in [0.5, 0.6) is 0 Å². The van der Waals surface area contributed by atoms with Crippen LogP contribution < -0.4 is 0 Å². The number of nitrogens with zero attached hydrogens (tertiary/aromatic N) is 6. The molecule has 0 saturated carbocycles. The lowest BCUT2D eigenvalue weighted by atomic mass is 10.3. The number of aromatic nitrogens is 4. The molecular weight excluding hydrogens is 456 g/mol. The van der Waals surface area contributed by atoms with Crippen LogP contribution in [0.4, 0.5) is 0 Å². The number of thiazole rings is 1. The molecule has 10 heteroatoms. The van der Waals surface area contributed by atoms with Crippen molar-refractivity contribution < 1.29 is 9.21 Å². The van der Waals surface area contributed by atoms with Crippen molar-refractivity contribution in [2.24, 2.45) is 0 Å². The fourth-order valence-corrected chi connectivity index (χ4v) is 5.51. The molecule has 1 aliphatic heterocycles. The van der Waals surface area contributed by atoms with Crippen molar-refractivity contribution in [1.82, 2.24) is 29.5 Å². The molecule has 0 N–H and O–H groups in total. The summed E-state index contributed by atoms with van der Waals surface area (Å²) < 4.78 is 7.55. The van der Waals surface area contributed by atoms with Crippen LogP contribution in [0.3, 0.4) is 0 Å². The van der Waals surface area contributed by atoms with E-state index in [0.29, 0.717) is 23.0 Å². The largest absolute Gasteiger partial charge is 0.461 e. The number of hydrogen-bond acceptors (Lipinski definition) is 8.